The fraction of sp³-hybridized carbons (Fsp3) is 0.533. The third-order valence-corrected chi connectivity index (χ3v) is 3.89. The number of hydrogen-bond acceptors (Lipinski definition) is 3. The van der Waals surface area contributed by atoms with Crippen LogP contribution < -0.4 is 15.8 Å². The van der Waals surface area contributed by atoms with Crippen molar-refractivity contribution in [1.82, 2.24) is 0 Å². The minimum Gasteiger partial charge on any atom is -0.494 e. The minimum atomic E-state index is -0.853. The van der Waals surface area contributed by atoms with E-state index in [9.17, 15) is 9.18 Å². The molecule has 2 unspecified atom stereocenters. The number of nitrogens with one attached hydrogen (secondary N) is 1. The molecular weight excluding hydrogens is 259 g/mol. The summed E-state index contributed by atoms with van der Waals surface area (Å²) in [7, 11) is 1.40. The van der Waals surface area contributed by atoms with Gasteiger partial charge in [-0.1, -0.05) is 19.8 Å². The van der Waals surface area contributed by atoms with Crippen LogP contribution in [0.4, 0.5) is 10.1 Å². The average molecular weight is 280 g/mol. The highest BCUT2D eigenvalue weighted by Crippen LogP contribution is 2.31. The number of carbonyl (C=O) groups excluding carboxylic acids is 1. The molecule has 0 spiro atoms. The van der Waals surface area contributed by atoms with E-state index < -0.39 is 11.4 Å². The fourth-order valence-electron chi connectivity index (χ4n) is 2.80. The molecule has 20 heavy (non-hydrogen) atoms. The minimum absolute atomic E-state index is 0.150. The van der Waals surface area contributed by atoms with Gasteiger partial charge in [0.25, 0.3) is 0 Å². The van der Waals surface area contributed by atoms with Crippen LogP contribution in [0.1, 0.15) is 32.6 Å². The van der Waals surface area contributed by atoms with Gasteiger partial charge in [0.1, 0.15) is 0 Å². The van der Waals surface area contributed by atoms with Gasteiger partial charge in [-0.3, -0.25) is 4.79 Å². The van der Waals surface area contributed by atoms with Gasteiger partial charge in [0.05, 0.1) is 12.6 Å². The highest BCUT2D eigenvalue weighted by atomic mass is 19.1. The van der Waals surface area contributed by atoms with Gasteiger partial charge in [0.2, 0.25) is 5.91 Å². The maximum atomic E-state index is 13.6. The van der Waals surface area contributed by atoms with Gasteiger partial charge in [0, 0.05) is 11.8 Å². The molecule has 0 aliphatic heterocycles. The van der Waals surface area contributed by atoms with Crippen LogP contribution in [-0.4, -0.2) is 18.6 Å². The Kier molecular flexibility index (Phi) is 4.28. The molecule has 3 N–H and O–H groups in total. The van der Waals surface area contributed by atoms with E-state index in [2.05, 4.69) is 12.2 Å². The first-order chi connectivity index (χ1) is 9.44. The van der Waals surface area contributed by atoms with Gasteiger partial charge >= 0.3 is 0 Å². The number of amides is 1. The molecule has 110 valence electrons. The van der Waals surface area contributed by atoms with Crippen molar-refractivity contribution in [2.45, 2.75) is 38.1 Å². The first-order valence-corrected chi connectivity index (χ1v) is 6.88. The quantitative estimate of drug-likeness (QED) is 0.894. The lowest BCUT2D eigenvalue weighted by Gasteiger charge is -2.35. The Balaban J connectivity index is 2.09. The molecule has 1 amide bonds. The summed E-state index contributed by atoms with van der Waals surface area (Å²) >= 11 is 0. The SMILES string of the molecule is COc1ccc(NC(=O)C2(N)CCCC(C)C2)cc1F. The zero-order chi connectivity index (χ0) is 14.8. The van der Waals surface area contributed by atoms with E-state index in [4.69, 9.17) is 10.5 Å². The smallest absolute Gasteiger partial charge is 0.244 e. The lowest BCUT2D eigenvalue weighted by atomic mass is 9.76. The lowest BCUT2D eigenvalue weighted by molar-refractivity contribution is -0.122. The summed E-state index contributed by atoms with van der Waals surface area (Å²) in [6.45, 7) is 2.10. The summed E-state index contributed by atoms with van der Waals surface area (Å²) in [4.78, 5) is 12.3. The lowest BCUT2D eigenvalue weighted by Crippen LogP contribution is -2.53. The second-order valence-electron chi connectivity index (χ2n) is 5.66. The van der Waals surface area contributed by atoms with E-state index in [1.807, 2.05) is 0 Å². The predicted octanol–water partition coefficient (Wildman–Crippen LogP) is 2.68. The van der Waals surface area contributed by atoms with E-state index in [0.717, 1.165) is 12.8 Å². The molecule has 5 heteroatoms. The molecule has 1 aliphatic rings. The molecule has 2 atom stereocenters. The van der Waals surface area contributed by atoms with Crippen molar-refractivity contribution in [3.05, 3.63) is 24.0 Å². The summed E-state index contributed by atoms with van der Waals surface area (Å²) in [5.41, 5.74) is 5.75. The van der Waals surface area contributed by atoms with Crippen LogP contribution in [-0.2, 0) is 4.79 Å². The molecule has 1 fully saturated rings. The van der Waals surface area contributed by atoms with Crippen molar-refractivity contribution in [2.24, 2.45) is 11.7 Å². The van der Waals surface area contributed by atoms with Gasteiger partial charge in [-0.25, -0.2) is 4.39 Å². The Bertz CT molecular complexity index is 507. The van der Waals surface area contributed by atoms with Crippen molar-refractivity contribution in [3.63, 3.8) is 0 Å². The molecule has 1 aromatic carbocycles. The summed E-state index contributed by atoms with van der Waals surface area (Å²) in [6.07, 6.45) is 3.38. The predicted molar refractivity (Wildman–Crippen MR) is 76.1 cm³/mol. The van der Waals surface area contributed by atoms with Crippen molar-refractivity contribution in [3.8, 4) is 5.75 Å². The maximum Gasteiger partial charge on any atom is 0.244 e. The first-order valence-electron chi connectivity index (χ1n) is 6.88. The van der Waals surface area contributed by atoms with E-state index in [1.54, 1.807) is 6.07 Å². The third kappa shape index (κ3) is 3.10. The van der Waals surface area contributed by atoms with Crippen LogP contribution in [0.15, 0.2) is 18.2 Å². The van der Waals surface area contributed by atoms with Gasteiger partial charge in [-0.15, -0.1) is 0 Å². The highest BCUT2D eigenvalue weighted by molar-refractivity contribution is 5.98. The van der Waals surface area contributed by atoms with Gasteiger partial charge in [0.15, 0.2) is 11.6 Å². The number of rotatable bonds is 3. The molecule has 4 nitrogen and oxygen atoms in total. The van der Waals surface area contributed by atoms with E-state index >= 15 is 0 Å². The molecule has 1 aliphatic carbocycles. The number of methoxy groups -OCH3 is 1. The number of carbonyl (C=O) groups is 1. The Labute approximate surface area is 118 Å². The summed E-state index contributed by atoms with van der Waals surface area (Å²) < 4.78 is 18.4. The standard InChI is InChI=1S/C15H21FN2O2/c1-10-4-3-7-15(17,9-10)14(19)18-11-5-6-13(20-2)12(16)8-11/h5-6,8,10H,3-4,7,9,17H2,1-2H3,(H,18,19). The summed E-state index contributed by atoms with van der Waals surface area (Å²) in [5, 5.41) is 2.71. The fourth-order valence-corrected chi connectivity index (χ4v) is 2.80. The third-order valence-electron chi connectivity index (χ3n) is 3.89. The zero-order valence-electron chi connectivity index (χ0n) is 11.9. The molecule has 0 radical (unpaired) electrons. The topological polar surface area (TPSA) is 64.3 Å². The van der Waals surface area contributed by atoms with Gasteiger partial charge in [-0.2, -0.15) is 0 Å². The van der Waals surface area contributed by atoms with Gasteiger partial charge < -0.3 is 15.8 Å². The molecule has 0 bridgehead atoms. The number of halogens is 1. The normalized spacial score (nSPS) is 26.1. The zero-order valence-corrected chi connectivity index (χ0v) is 11.9. The number of hydrogen-bond donors (Lipinski definition) is 2. The number of anilines is 1. The Hall–Kier alpha value is -1.62. The van der Waals surface area contributed by atoms with E-state index in [1.165, 1.54) is 19.2 Å². The van der Waals surface area contributed by atoms with Crippen molar-refractivity contribution in [2.75, 3.05) is 12.4 Å². The van der Waals surface area contributed by atoms with Crippen LogP contribution in [0, 0.1) is 11.7 Å². The maximum absolute atomic E-state index is 13.6. The molecule has 1 aromatic rings. The second kappa shape index (κ2) is 5.79. The number of ether oxygens (including phenoxy) is 1. The highest BCUT2D eigenvalue weighted by Gasteiger charge is 2.37. The molecule has 0 aromatic heterocycles. The Morgan fingerprint density at radius 2 is 2.30 bits per heavy atom. The molecule has 0 heterocycles. The Morgan fingerprint density at radius 3 is 2.90 bits per heavy atom. The Morgan fingerprint density at radius 1 is 1.55 bits per heavy atom. The second-order valence-corrected chi connectivity index (χ2v) is 5.66. The van der Waals surface area contributed by atoms with Crippen LogP contribution in [0.5, 0.6) is 5.75 Å². The van der Waals surface area contributed by atoms with Crippen LogP contribution in [0.25, 0.3) is 0 Å². The van der Waals surface area contributed by atoms with Crippen LogP contribution in [0.2, 0.25) is 0 Å². The van der Waals surface area contributed by atoms with E-state index in [0.29, 0.717) is 24.4 Å². The average Bonchev–Trinajstić information content (AvgIpc) is 2.38. The molecule has 0 saturated heterocycles. The molecule has 2 rings (SSSR count). The van der Waals surface area contributed by atoms with Crippen molar-refractivity contribution in [1.29, 1.82) is 0 Å². The van der Waals surface area contributed by atoms with Crippen LogP contribution >= 0.6 is 0 Å². The molecular formula is C15H21FN2O2. The van der Waals surface area contributed by atoms with Gasteiger partial charge in [-0.05, 0) is 30.9 Å². The van der Waals surface area contributed by atoms with Crippen molar-refractivity contribution >= 4 is 11.6 Å². The van der Waals surface area contributed by atoms with Crippen molar-refractivity contribution < 1.29 is 13.9 Å². The number of nitrogens with two attached hydrogens (primary N) is 1. The first kappa shape index (κ1) is 14.8. The summed E-state index contributed by atoms with van der Waals surface area (Å²) in [6, 6.07) is 4.33. The van der Waals surface area contributed by atoms with E-state index in [-0.39, 0.29) is 11.7 Å². The molecule has 1 saturated carbocycles. The number of benzene rings is 1. The largest absolute Gasteiger partial charge is 0.494 e. The summed E-state index contributed by atoms with van der Waals surface area (Å²) in [5.74, 6) is -0.161. The monoisotopic (exact) mass is 280 g/mol. The van der Waals surface area contributed by atoms with Crippen LogP contribution in [0.3, 0.4) is 0 Å².